The summed E-state index contributed by atoms with van der Waals surface area (Å²) in [7, 11) is -3.74. The molecule has 0 bridgehead atoms. The summed E-state index contributed by atoms with van der Waals surface area (Å²) in [5.41, 5.74) is 0.504. The van der Waals surface area contributed by atoms with E-state index >= 15 is 0 Å². The first-order valence-corrected chi connectivity index (χ1v) is 10.4. The quantitative estimate of drug-likeness (QED) is 0.678. The van der Waals surface area contributed by atoms with Crippen molar-refractivity contribution in [3.05, 3.63) is 46.3 Å². The normalized spacial score (nSPS) is 13.9. The maximum atomic E-state index is 12.2. The van der Waals surface area contributed by atoms with Gasteiger partial charge >= 0.3 is 5.97 Å². The Kier molecular flexibility index (Phi) is 5.49. The van der Waals surface area contributed by atoms with Gasteiger partial charge in [-0.15, -0.1) is 11.3 Å². The van der Waals surface area contributed by atoms with E-state index < -0.39 is 16.0 Å². The predicted molar refractivity (Wildman–Crippen MR) is 98.0 cm³/mol. The topological polar surface area (TPSA) is 102 Å². The summed E-state index contributed by atoms with van der Waals surface area (Å²) >= 11 is 6.70. The number of carbonyl (C=O) groups is 2. The van der Waals surface area contributed by atoms with Gasteiger partial charge in [-0.05, 0) is 49.2 Å². The Bertz CT molecular complexity index is 920. The number of rotatable bonds is 7. The van der Waals surface area contributed by atoms with E-state index in [1.807, 2.05) is 0 Å². The lowest BCUT2D eigenvalue weighted by Crippen LogP contribution is -2.30. The van der Waals surface area contributed by atoms with Gasteiger partial charge in [-0.3, -0.25) is 9.52 Å². The molecule has 10 heteroatoms. The smallest absolute Gasteiger partial charge is 0.338 e. The van der Waals surface area contributed by atoms with Crippen LogP contribution in [0.15, 0.2) is 40.6 Å². The number of sulfonamides is 1. The number of benzene rings is 1. The molecule has 1 aromatic carbocycles. The molecule has 1 fully saturated rings. The van der Waals surface area contributed by atoms with Crippen molar-refractivity contribution in [1.29, 1.82) is 0 Å². The van der Waals surface area contributed by atoms with Crippen molar-refractivity contribution in [3.8, 4) is 0 Å². The molecule has 1 aliphatic rings. The fraction of sp³-hybridized carbons (Fsp3) is 0.250. The molecule has 1 heterocycles. The zero-order valence-corrected chi connectivity index (χ0v) is 15.8. The van der Waals surface area contributed by atoms with Crippen molar-refractivity contribution >= 4 is 50.5 Å². The molecule has 0 saturated heterocycles. The second kappa shape index (κ2) is 7.65. The van der Waals surface area contributed by atoms with Crippen LogP contribution in [-0.2, 0) is 19.6 Å². The Labute approximate surface area is 159 Å². The summed E-state index contributed by atoms with van der Waals surface area (Å²) in [6.45, 7) is -0.344. The lowest BCUT2D eigenvalue weighted by Gasteiger charge is -2.08. The number of anilines is 1. The van der Waals surface area contributed by atoms with E-state index in [9.17, 15) is 18.0 Å². The third-order valence-corrected chi connectivity index (χ3v) is 6.57. The number of nitrogens with one attached hydrogen (secondary N) is 2. The standard InChI is InChI=1S/C16H15ClN2O5S2/c17-13-7-8-15(25-13)26(22,23)19-12-3-1-10(2-4-12)16(21)24-9-14(20)18-11-5-6-11/h1-4,7-8,11,19H,5-6,9H2,(H,18,20). The average molecular weight is 415 g/mol. The predicted octanol–water partition coefficient (Wildman–Crippen LogP) is 2.64. The summed E-state index contributed by atoms with van der Waals surface area (Å²) in [5, 5.41) is 2.71. The van der Waals surface area contributed by atoms with E-state index in [0.29, 0.717) is 4.34 Å². The van der Waals surface area contributed by atoms with Crippen LogP contribution < -0.4 is 10.0 Å². The Morgan fingerprint density at radius 1 is 1.15 bits per heavy atom. The lowest BCUT2D eigenvalue weighted by atomic mass is 10.2. The molecule has 2 aromatic rings. The van der Waals surface area contributed by atoms with Crippen LogP contribution in [0.25, 0.3) is 0 Å². The van der Waals surface area contributed by atoms with E-state index in [1.54, 1.807) is 0 Å². The first kappa shape index (κ1) is 18.7. The minimum Gasteiger partial charge on any atom is -0.452 e. The molecule has 0 spiro atoms. The van der Waals surface area contributed by atoms with Crippen molar-refractivity contribution in [2.75, 3.05) is 11.3 Å². The highest BCUT2D eigenvalue weighted by molar-refractivity contribution is 7.94. The summed E-state index contributed by atoms with van der Waals surface area (Å²) < 4.78 is 32.2. The summed E-state index contributed by atoms with van der Waals surface area (Å²) in [5.74, 6) is -0.991. The number of hydrogen-bond donors (Lipinski definition) is 2. The highest BCUT2D eigenvalue weighted by atomic mass is 35.5. The fourth-order valence-electron chi connectivity index (χ4n) is 2.03. The van der Waals surface area contributed by atoms with Gasteiger partial charge in [0, 0.05) is 11.7 Å². The fourth-order valence-corrected chi connectivity index (χ4v) is 4.57. The van der Waals surface area contributed by atoms with Crippen LogP contribution in [0.5, 0.6) is 0 Å². The van der Waals surface area contributed by atoms with Crippen molar-refractivity contribution < 1.29 is 22.7 Å². The Balaban J connectivity index is 1.57. The third kappa shape index (κ3) is 4.96. The summed E-state index contributed by atoms with van der Waals surface area (Å²) in [6.07, 6.45) is 1.91. The number of carbonyl (C=O) groups excluding carboxylic acids is 2. The Hall–Kier alpha value is -2.10. The second-order valence-electron chi connectivity index (χ2n) is 5.66. The minimum atomic E-state index is -3.74. The van der Waals surface area contributed by atoms with Gasteiger partial charge in [0.05, 0.1) is 9.90 Å². The van der Waals surface area contributed by atoms with Crippen molar-refractivity contribution in [1.82, 2.24) is 5.32 Å². The van der Waals surface area contributed by atoms with Crippen LogP contribution in [0.3, 0.4) is 0 Å². The van der Waals surface area contributed by atoms with E-state index in [2.05, 4.69) is 10.0 Å². The minimum absolute atomic E-state index is 0.0904. The average Bonchev–Trinajstić information content (AvgIpc) is 3.29. The van der Waals surface area contributed by atoms with Gasteiger partial charge in [-0.1, -0.05) is 11.6 Å². The van der Waals surface area contributed by atoms with Crippen LogP contribution in [0.4, 0.5) is 5.69 Å². The summed E-state index contributed by atoms with van der Waals surface area (Å²) in [6, 6.07) is 8.82. The third-order valence-electron chi connectivity index (χ3n) is 3.46. The van der Waals surface area contributed by atoms with E-state index in [4.69, 9.17) is 16.3 Å². The molecular weight excluding hydrogens is 400 g/mol. The van der Waals surface area contributed by atoms with E-state index in [0.717, 1.165) is 24.2 Å². The van der Waals surface area contributed by atoms with Crippen LogP contribution in [0.2, 0.25) is 4.34 Å². The number of hydrogen-bond acceptors (Lipinski definition) is 6. The lowest BCUT2D eigenvalue weighted by molar-refractivity contribution is -0.124. The molecule has 1 saturated carbocycles. The van der Waals surface area contributed by atoms with E-state index in [-0.39, 0.29) is 34.0 Å². The molecule has 1 amide bonds. The van der Waals surface area contributed by atoms with Crippen LogP contribution in [0, 0.1) is 0 Å². The zero-order chi connectivity index (χ0) is 18.7. The van der Waals surface area contributed by atoms with Gasteiger partial charge < -0.3 is 10.1 Å². The largest absolute Gasteiger partial charge is 0.452 e. The molecule has 0 radical (unpaired) electrons. The molecule has 7 nitrogen and oxygen atoms in total. The number of esters is 1. The van der Waals surface area contributed by atoms with Gasteiger partial charge in [0.25, 0.3) is 15.9 Å². The number of thiophene rings is 1. The molecule has 0 atom stereocenters. The van der Waals surface area contributed by atoms with Crippen molar-refractivity contribution in [3.63, 3.8) is 0 Å². The van der Waals surface area contributed by atoms with Crippen molar-refractivity contribution in [2.24, 2.45) is 0 Å². The molecule has 1 aliphatic carbocycles. The summed E-state index contributed by atoms with van der Waals surface area (Å²) in [4.78, 5) is 23.4. The Morgan fingerprint density at radius 3 is 2.42 bits per heavy atom. The van der Waals surface area contributed by atoms with Crippen molar-refractivity contribution in [2.45, 2.75) is 23.1 Å². The van der Waals surface area contributed by atoms with Gasteiger partial charge in [0.1, 0.15) is 4.21 Å². The molecular formula is C16H15ClN2O5S2. The Morgan fingerprint density at radius 2 is 1.85 bits per heavy atom. The molecule has 2 N–H and O–H groups in total. The number of ether oxygens (including phenoxy) is 1. The van der Waals surface area contributed by atoms with Gasteiger partial charge in [-0.25, -0.2) is 13.2 Å². The zero-order valence-electron chi connectivity index (χ0n) is 13.4. The molecule has 1 aromatic heterocycles. The SMILES string of the molecule is O=C(COC(=O)c1ccc(NS(=O)(=O)c2ccc(Cl)s2)cc1)NC1CC1. The number of halogens is 1. The van der Waals surface area contributed by atoms with Gasteiger partial charge in [0.15, 0.2) is 6.61 Å². The number of amides is 1. The van der Waals surface area contributed by atoms with Gasteiger partial charge in [0.2, 0.25) is 0 Å². The molecule has 0 unspecified atom stereocenters. The van der Waals surface area contributed by atoms with Crippen LogP contribution >= 0.6 is 22.9 Å². The van der Waals surface area contributed by atoms with Crippen LogP contribution in [0.1, 0.15) is 23.2 Å². The van der Waals surface area contributed by atoms with E-state index in [1.165, 1.54) is 36.4 Å². The molecule has 0 aliphatic heterocycles. The maximum absolute atomic E-state index is 12.2. The monoisotopic (exact) mass is 414 g/mol. The molecule has 138 valence electrons. The maximum Gasteiger partial charge on any atom is 0.338 e. The van der Waals surface area contributed by atoms with Crippen LogP contribution in [-0.4, -0.2) is 32.9 Å². The first-order valence-electron chi connectivity index (χ1n) is 7.68. The highest BCUT2D eigenvalue weighted by Crippen LogP contribution is 2.27. The highest BCUT2D eigenvalue weighted by Gasteiger charge is 2.23. The molecule has 3 rings (SSSR count). The second-order valence-corrected chi connectivity index (χ2v) is 9.28. The molecule has 26 heavy (non-hydrogen) atoms. The van der Waals surface area contributed by atoms with Gasteiger partial charge in [-0.2, -0.15) is 0 Å². The first-order chi connectivity index (χ1) is 12.3.